The van der Waals surface area contributed by atoms with E-state index in [0.29, 0.717) is 11.5 Å². The van der Waals surface area contributed by atoms with Crippen LogP contribution in [0.15, 0.2) is 42.7 Å². The normalized spacial score (nSPS) is 15.2. The summed E-state index contributed by atoms with van der Waals surface area (Å²) in [4.78, 5) is 4.33. The van der Waals surface area contributed by atoms with Gasteiger partial charge in [-0.05, 0) is 37.0 Å². The Balaban J connectivity index is 1.63. The highest BCUT2D eigenvalue weighted by Gasteiger charge is 2.14. The molecule has 0 unspecified atom stereocenters. The molecule has 0 saturated carbocycles. The van der Waals surface area contributed by atoms with E-state index in [1.165, 1.54) is 0 Å². The molecule has 1 N–H and O–H groups in total. The molecule has 3 heterocycles. The third-order valence-corrected chi connectivity index (χ3v) is 4.62. The summed E-state index contributed by atoms with van der Waals surface area (Å²) < 4.78 is 7.24. The average molecular weight is 333 g/mol. The summed E-state index contributed by atoms with van der Waals surface area (Å²) in [7, 11) is 0. The molecule has 0 radical (unpaired) electrons. The summed E-state index contributed by atoms with van der Waals surface area (Å²) in [5.41, 5.74) is 4.44. The second kappa shape index (κ2) is 6.91. The first-order valence-corrected chi connectivity index (χ1v) is 8.49. The number of hydrogen-bond donors (Lipinski definition) is 1. The number of aromatic nitrogens is 3. The molecule has 1 aromatic carbocycles. The maximum atomic E-state index is 8.98. The second-order valence-electron chi connectivity index (χ2n) is 6.29. The number of nitrogens with zero attached hydrogens (tertiary/aromatic N) is 4. The van der Waals surface area contributed by atoms with E-state index in [1.54, 1.807) is 6.33 Å². The molecular formula is C19H19N5O. The molecule has 0 bridgehead atoms. The van der Waals surface area contributed by atoms with Crippen molar-refractivity contribution in [2.75, 3.05) is 25.1 Å². The topological polar surface area (TPSA) is 75.2 Å². The second-order valence-corrected chi connectivity index (χ2v) is 6.29. The van der Waals surface area contributed by atoms with Gasteiger partial charge in [-0.2, -0.15) is 10.4 Å². The summed E-state index contributed by atoms with van der Waals surface area (Å²) in [5, 5.41) is 16.8. The van der Waals surface area contributed by atoms with Crippen molar-refractivity contribution in [1.29, 1.82) is 5.26 Å². The van der Waals surface area contributed by atoms with Crippen LogP contribution in [0.3, 0.4) is 0 Å². The fourth-order valence-corrected chi connectivity index (χ4v) is 3.16. The van der Waals surface area contributed by atoms with Crippen molar-refractivity contribution >= 4 is 11.3 Å². The fourth-order valence-electron chi connectivity index (χ4n) is 3.16. The van der Waals surface area contributed by atoms with Gasteiger partial charge in [-0.3, -0.25) is 0 Å². The maximum Gasteiger partial charge on any atom is 0.158 e. The van der Waals surface area contributed by atoms with Crippen molar-refractivity contribution in [2.24, 2.45) is 5.92 Å². The average Bonchev–Trinajstić information content (AvgIpc) is 3.15. The molecule has 2 aromatic heterocycles. The molecule has 6 nitrogen and oxygen atoms in total. The van der Waals surface area contributed by atoms with Crippen LogP contribution in [0.2, 0.25) is 0 Å². The summed E-state index contributed by atoms with van der Waals surface area (Å²) in [6, 6.07) is 13.8. The predicted molar refractivity (Wildman–Crippen MR) is 95.2 cm³/mol. The zero-order valence-electron chi connectivity index (χ0n) is 13.9. The van der Waals surface area contributed by atoms with Gasteiger partial charge in [-0.15, -0.1) is 0 Å². The Bertz CT molecular complexity index is 904. The Hall–Kier alpha value is -2.91. The largest absolute Gasteiger partial charge is 0.385 e. The van der Waals surface area contributed by atoms with E-state index in [1.807, 2.05) is 34.8 Å². The lowest BCUT2D eigenvalue weighted by atomic mass is 10.0. The molecule has 1 aliphatic rings. The lowest BCUT2D eigenvalue weighted by Gasteiger charge is -2.22. The van der Waals surface area contributed by atoms with Gasteiger partial charge in [0.05, 0.1) is 17.3 Å². The molecule has 1 fully saturated rings. The third kappa shape index (κ3) is 3.32. The SMILES string of the molecule is N#Cc1ccc(-c2cc(NCC3CCOCC3)cc3ncnn23)cc1. The summed E-state index contributed by atoms with van der Waals surface area (Å²) in [5.74, 6) is 0.640. The van der Waals surface area contributed by atoms with Crippen molar-refractivity contribution < 1.29 is 4.74 Å². The maximum absolute atomic E-state index is 8.98. The first-order chi connectivity index (χ1) is 12.3. The van der Waals surface area contributed by atoms with Gasteiger partial charge in [0.1, 0.15) is 6.33 Å². The highest BCUT2D eigenvalue weighted by Crippen LogP contribution is 2.25. The van der Waals surface area contributed by atoms with Gasteiger partial charge in [-0.25, -0.2) is 9.50 Å². The Morgan fingerprint density at radius 3 is 2.76 bits per heavy atom. The molecule has 3 aromatic rings. The molecule has 1 aliphatic heterocycles. The lowest BCUT2D eigenvalue weighted by Crippen LogP contribution is -2.22. The Morgan fingerprint density at radius 1 is 1.20 bits per heavy atom. The first-order valence-electron chi connectivity index (χ1n) is 8.49. The molecule has 0 aliphatic carbocycles. The van der Waals surface area contributed by atoms with Gasteiger partial charge >= 0.3 is 0 Å². The molecule has 0 atom stereocenters. The van der Waals surface area contributed by atoms with E-state index in [-0.39, 0.29) is 0 Å². The highest BCUT2D eigenvalue weighted by atomic mass is 16.5. The van der Waals surface area contributed by atoms with Crippen LogP contribution < -0.4 is 5.32 Å². The van der Waals surface area contributed by atoms with Gasteiger partial charge in [0.2, 0.25) is 0 Å². The van der Waals surface area contributed by atoms with Crippen LogP contribution in [-0.2, 0) is 4.74 Å². The molecule has 126 valence electrons. The monoisotopic (exact) mass is 333 g/mol. The number of nitriles is 1. The van der Waals surface area contributed by atoms with Crippen molar-refractivity contribution in [1.82, 2.24) is 14.6 Å². The van der Waals surface area contributed by atoms with Crippen LogP contribution >= 0.6 is 0 Å². The van der Waals surface area contributed by atoms with Crippen molar-refractivity contribution in [3.8, 4) is 17.3 Å². The minimum absolute atomic E-state index is 0.640. The smallest absolute Gasteiger partial charge is 0.158 e. The van der Waals surface area contributed by atoms with Crippen LogP contribution in [-0.4, -0.2) is 34.4 Å². The van der Waals surface area contributed by atoms with Crippen LogP contribution in [0.1, 0.15) is 18.4 Å². The number of anilines is 1. The van der Waals surface area contributed by atoms with Crippen LogP contribution in [0.4, 0.5) is 5.69 Å². The molecule has 1 saturated heterocycles. The van der Waals surface area contributed by atoms with E-state index in [4.69, 9.17) is 10.00 Å². The molecule has 0 amide bonds. The number of nitrogens with one attached hydrogen (secondary N) is 1. The number of ether oxygens (including phenoxy) is 1. The lowest BCUT2D eigenvalue weighted by molar-refractivity contribution is 0.0699. The van der Waals surface area contributed by atoms with Gasteiger partial charge in [0.15, 0.2) is 5.65 Å². The van der Waals surface area contributed by atoms with E-state index in [2.05, 4.69) is 27.5 Å². The van der Waals surface area contributed by atoms with Gasteiger partial charge in [-0.1, -0.05) is 12.1 Å². The van der Waals surface area contributed by atoms with Gasteiger partial charge in [0, 0.05) is 37.1 Å². The van der Waals surface area contributed by atoms with E-state index < -0.39 is 0 Å². The molecule has 25 heavy (non-hydrogen) atoms. The quantitative estimate of drug-likeness (QED) is 0.794. The number of benzene rings is 1. The van der Waals surface area contributed by atoms with Gasteiger partial charge in [0.25, 0.3) is 0 Å². The number of rotatable bonds is 4. The fraction of sp³-hybridized carbons (Fsp3) is 0.316. The zero-order valence-corrected chi connectivity index (χ0v) is 13.9. The van der Waals surface area contributed by atoms with Crippen molar-refractivity contribution in [3.05, 3.63) is 48.3 Å². The molecule has 4 rings (SSSR count). The molecule has 0 spiro atoms. The first kappa shape index (κ1) is 15.6. The Kier molecular flexibility index (Phi) is 4.32. The summed E-state index contributed by atoms with van der Waals surface area (Å²) >= 11 is 0. The van der Waals surface area contributed by atoms with Gasteiger partial charge < -0.3 is 10.1 Å². The summed E-state index contributed by atoms with van der Waals surface area (Å²) in [6.07, 6.45) is 3.76. The molecular weight excluding hydrogens is 314 g/mol. The highest BCUT2D eigenvalue weighted by molar-refractivity contribution is 5.70. The van der Waals surface area contributed by atoms with Crippen LogP contribution in [0.5, 0.6) is 0 Å². The van der Waals surface area contributed by atoms with E-state index in [9.17, 15) is 0 Å². The Morgan fingerprint density at radius 2 is 2.00 bits per heavy atom. The van der Waals surface area contributed by atoms with Crippen molar-refractivity contribution in [3.63, 3.8) is 0 Å². The zero-order chi connectivity index (χ0) is 17.1. The van der Waals surface area contributed by atoms with Crippen molar-refractivity contribution in [2.45, 2.75) is 12.8 Å². The molecule has 6 heteroatoms. The number of pyridine rings is 1. The number of hydrogen-bond acceptors (Lipinski definition) is 5. The predicted octanol–water partition coefficient (Wildman–Crippen LogP) is 3.11. The van der Waals surface area contributed by atoms with Crippen LogP contribution in [0, 0.1) is 17.2 Å². The van der Waals surface area contributed by atoms with Crippen LogP contribution in [0.25, 0.3) is 16.9 Å². The minimum atomic E-state index is 0.640. The van der Waals surface area contributed by atoms with E-state index >= 15 is 0 Å². The Labute approximate surface area is 146 Å². The summed E-state index contributed by atoms with van der Waals surface area (Å²) in [6.45, 7) is 2.64. The minimum Gasteiger partial charge on any atom is -0.385 e. The standard InChI is InChI=1S/C19H19N5O/c20-11-14-1-3-16(4-2-14)18-9-17(10-19-22-13-23-24(18)19)21-12-15-5-7-25-8-6-15/h1-4,9-10,13,15,21H,5-8,12H2. The third-order valence-electron chi connectivity index (χ3n) is 4.62. The number of fused-ring (bicyclic) bond motifs is 1. The van der Waals surface area contributed by atoms with E-state index in [0.717, 1.165) is 55.2 Å².